The minimum absolute atomic E-state index is 0.0264. The number of fused-ring (bicyclic) bond motifs is 3. The molecular weight excluding hydrogens is 389 g/mol. The summed E-state index contributed by atoms with van der Waals surface area (Å²) in [6.07, 6.45) is 7.90. The Hall–Kier alpha value is -2.53. The van der Waals surface area contributed by atoms with Crippen LogP contribution in [0.2, 0.25) is 0 Å². The molecule has 0 spiro atoms. The molecule has 0 N–H and O–H groups in total. The third-order valence-electron chi connectivity index (χ3n) is 7.56. The topological polar surface area (TPSA) is 38.1 Å². The first-order valence-electron chi connectivity index (χ1n) is 11.7. The van der Waals surface area contributed by atoms with Crippen molar-refractivity contribution in [3.63, 3.8) is 0 Å². The smallest absolute Gasteiger partial charge is 0.274 e. The van der Waals surface area contributed by atoms with Crippen LogP contribution in [-0.4, -0.2) is 33.3 Å². The van der Waals surface area contributed by atoms with E-state index in [0.29, 0.717) is 18.5 Å². The number of halogens is 1. The summed E-state index contributed by atoms with van der Waals surface area (Å²) < 4.78 is 15.2. The fourth-order valence-electron chi connectivity index (χ4n) is 5.79. The highest BCUT2D eigenvalue weighted by molar-refractivity contribution is 5.83. The van der Waals surface area contributed by atoms with Crippen LogP contribution >= 0.6 is 0 Å². The molecule has 2 saturated heterocycles. The molecule has 2 bridgehead atoms. The van der Waals surface area contributed by atoms with E-state index in [1.165, 1.54) is 44.4 Å². The Bertz CT molecular complexity index is 1150. The number of hydrogen-bond donors (Lipinski definition) is 0. The molecule has 3 aromatic rings. The summed E-state index contributed by atoms with van der Waals surface area (Å²) in [6.45, 7) is 1.25. The van der Waals surface area contributed by atoms with Crippen LogP contribution in [0.1, 0.15) is 55.8 Å². The van der Waals surface area contributed by atoms with Crippen LogP contribution in [0.4, 0.5) is 4.39 Å². The van der Waals surface area contributed by atoms with Crippen molar-refractivity contribution in [1.82, 2.24) is 14.7 Å². The molecule has 2 aliphatic heterocycles. The lowest BCUT2D eigenvalue weighted by Crippen LogP contribution is -2.46. The standard InChI is InChI=1S/C26H28FN3O/c27-19-9-7-17(8-10-19)13-25-23-3-1-2-4-24(23)26(31)30(28-25)22-14-20-11-12-21(15-22)29(20)16-18-5-6-18/h1-4,7-10,18,20-22H,5-6,11-16H2. The number of hydrogen-bond acceptors (Lipinski definition) is 3. The van der Waals surface area contributed by atoms with E-state index in [1.54, 1.807) is 16.8 Å². The lowest BCUT2D eigenvalue weighted by molar-refractivity contribution is 0.0957. The van der Waals surface area contributed by atoms with Crippen LogP contribution < -0.4 is 5.56 Å². The molecule has 4 nitrogen and oxygen atoms in total. The van der Waals surface area contributed by atoms with Gasteiger partial charge in [-0.05, 0) is 68.2 Å². The summed E-state index contributed by atoms with van der Waals surface area (Å²) >= 11 is 0. The third-order valence-corrected chi connectivity index (χ3v) is 7.56. The zero-order valence-electron chi connectivity index (χ0n) is 17.7. The molecule has 6 rings (SSSR count). The van der Waals surface area contributed by atoms with Gasteiger partial charge in [0.2, 0.25) is 0 Å². The molecule has 31 heavy (non-hydrogen) atoms. The van der Waals surface area contributed by atoms with E-state index >= 15 is 0 Å². The van der Waals surface area contributed by atoms with E-state index in [2.05, 4.69) is 4.90 Å². The van der Waals surface area contributed by atoms with Gasteiger partial charge in [-0.25, -0.2) is 9.07 Å². The molecule has 1 aromatic heterocycles. The fraction of sp³-hybridized carbons (Fsp3) is 0.462. The van der Waals surface area contributed by atoms with E-state index in [-0.39, 0.29) is 17.4 Å². The monoisotopic (exact) mass is 417 g/mol. The highest BCUT2D eigenvalue weighted by atomic mass is 19.1. The maximum absolute atomic E-state index is 13.4. The SMILES string of the molecule is O=c1c2ccccc2c(Cc2ccc(F)cc2)nn1C1CC2CCC(C1)N2CC1CC1. The molecule has 0 amide bonds. The maximum atomic E-state index is 13.4. The molecule has 3 fully saturated rings. The van der Waals surface area contributed by atoms with Crippen LogP contribution in [-0.2, 0) is 6.42 Å². The summed E-state index contributed by atoms with van der Waals surface area (Å²) in [5.74, 6) is 0.670. The average Bonchev–Trinajstić information content (AvgIpc) is 3.57. The fourth-order valence-corrected chi connectivity index (χ4v) is 5.79. The zero-order valence-corrected chi connectivity index (χ0v) is 17.7. The van der Waals surface area contributed by atoms with Crippen molar-refractivity contribution in [2.45, 2.75) is 63.1 Å². The van der Waals surface area contributed by atoms with E-state index in [9.17, 15) is 9.18 Å². The van der Waals surface area contributed by atoms with E-state index in [4.69, 9.17) is 5.10 Å². The van der Waals surface area contributed by atoms with Crippen LogP contribution in [0.15, 0.2) is 53.3 Å². The minimum atomic E-state index is -0.236. The maximum Gasteiger partial charge on any atom is 0.274 e. The first kappa shape index (κ1) is 19.2. The number of rotatable bonds is 5. The first-order valence-corrected chi connectivity index (χ1v) is 11.7. The number of nitrogens with zero attached hydrogens (tertiary/aromatic N) is 3. The Morgan fingerprint density at radius 1 is 0.871 bits per heavy atom. The Morgan fingerprint density at radius 2 is 1.55 bits per heavy atom. The van der Waals surface area contributed by atoms with E-state index in [0.717, 1.165) is 40.8 Å². The number of benzene rings is 2. The summed E-state index contributed by atoms with van der Waals surface area (Å²) in [5, 5.41) is 6.57. The van der Waals surface area contributed by atoms with Gasteiger partial charge in [-0.3, -0.25) is 9.69 Å². The predicted molar refractivity (Wildman–Crippen MR) is 120 cm³/mol. The van der Waals surface area contributed by atoms with Crippen LogP contribution in [0.3, 0.4) is 0 Å². The predicted octanol–water partition coefficient (Wildman–Crippen LogP) is 4.70. The second-order valence-electron chi connectivity index (χ2n) is 9.70. The Labute approximate surface area is 181 Å². The lowest BCUT2D eigenvalue weighted by atomic mass is 9.96. The summed E-state index contributed by atoms with van der Waals surface area (Å²) in [4.78, 5) is 16.2. The molecule has 160 valence electrons. The van der Waals surface area contributed by atoms with Crippen molar-refractivity contribution in [3.05, 3.63) is 76.0 Å². The van der Waals surface area contributed by atoms with Crippen molar-refractivity contribution in [3.8, 4) is 0 Å². The molecule has 3 heterocycles. The van der Waals surface area contributed by atoms with Crippen molar-refractivity contribution >= 4 is 10.8 Å². The normalized spacial score (nSPS) is 25.9. The van der Waals surface area contributed by atoms with Gasteiger partial charge < -0.3 is 0 Å². The van der Waals surface area contributed by atoms with Gasteiger partial charge in [0.1, 0.15) is 5.82 Å². The van der Waals surface area contributed by atoms with Gasteiger partial charge in [0.05, 0.1) is 17.1 Å². The second-order valence-corrected chi connectivity index (χ2v) is 9.70. The second kappa shape index (κ2) is 7.56. The van der Waals surface area contributed by atoms with E-state index < -0.39 is 0 Å². The van der Waals surface area contributed by atoms with Gasteiger partial charge in [-0.1, -0.05) is 30.3 Å². The molecule has 5 heteroatoms. The van der Waals surface area contributed by atoms with Crippen molar-refractivity contribution in [1.29, 1.82) is 0 Å². The molecule has 0 radical (unpaired) electrons. The van der Waals surface area contributed by atoms with Gasteiger partial charge in [-0.2, -0.15) is 5.10 Å². The highest BCUT2D eigenvalue weighted by Gasteiger charge is 2.43. The number of piperidine rings is 1. The van der Waals surface area contributed by atoms with E-state index in [1.807, 2.05) is 24.3 Å². The molecule has 3 aliphatic rings. The highest BCUT2D eigenvalue weighted by Crippen LogP contribution is 2.43. The summed E-state index contributed by atoms with van der Waals surface area (Å²) in [7, 11) is 0. The van der Waals surface area contributed by atoms with Crippen molar-refractivity contribution < 1.29 is 4.39 Å². The zero-order chi connectivity index (χ0) is 20.9. The molecular formula is C26H28FN3O. The van der Waals surface area contributed by atoms with Crippen LogP contribution in [0, 0.1) is 11.7 Å². The average molecular weight is 418 g/mol. The Morgan fingerprint density at radius 3 is 2.23 bits per heavy atom. The van der Waals surface area contributed by atoms with Gasteiger partial charge >= 0.3 is 0 Å². The van der Waals surface area contributed by atoms with Gasteiger partial charge in [0, 0.05) is 30.4 Å². The van der Waals surface area contributed by atoms with Crippen molar-refractivity contribution in [2.24, 2.45) is 5.92 Å². The summed E-state index contributed by atoms with van der Waals surface area (Å²) in [6, 6.07) is 15.7. The molecule has 2 aromatic carbocycles. The molecule has 2 atom stereocenters. The van der Waals surface area contributed by atoms with Crippen LogP contribution in [0.5, 0.6) is 0 Å². The molecule has 1 aliphatic carbocycles. The minimum Gasteiger partial charge on any atom is -0.297 e. The summed E-state index contributed by atoms with van der Waals surface area (Å²) in [5.41, 5.74) is 1.93. The van der Waals surface area contributed by atoms with Crippen molar-refractivity contribution in [2.75, 3.05) is 6.54 Å². The quantitative estimate of drug-likeness (QED) is 0.604. The third kappa shape index (κ3) is 3.59. The Balaban J connectivity index is 1.36. The number of aromatic nitrogens is 2. The first-order chi connectivity index (χ1) is 15.2. The van der Waals surface area contributed by atoms with Gasteiger partial charge in [0.25, 0.3) is 5.56 Å². The Kier molecular flexibility index (Phi) is 4.67. The van der Waals surface area contributed by atoms with Crippen LogP contribution in [0.25, 0.3) is 10.8 Å². The molecule has 2 unspecified atom stereocenters. The van der Waals surface area contributed by atoms with Gasteiger partial charge in [-0.15, -0.1) is 0 Å². The molecule has 1 saturated carbocycles. The van der Waals surface area contributed by atoms with Gasteiger partial charge in [0.15, 0.2) is 0 Å². The largest absolute Gasteiger partial charge is 0.297 e. The lowest BCUT2D eigenvalue weighted by Gasteiger charge is -2.39.